The van der Waals surface area contributed by atoms with Gasteiger partial charge in [0.25, 0.3) is 0 Å². The van der Waals surface area contributed by atoms with Crippen molar-refractivity contribution >= 4 is 17.2 Å². The molecule has 0 fully saturated rings. The second kappa shape index (κ2) is 5.45. The fraction of sp³-hybridized carbons (Fsp3) is 0.167. The summed E-state index contributed by atoms with van der Waals surface area (Å²) in [7, 11) is 0. The highest BCUT2D eigenvalue weighted by Crippen LogP contribution is 2.11. The Morgan fingerprint density at radius 1 is 1.35 bits per heavy atom. The zero-order chi connectivity index (χ0) is 12.1. The molecule has 17 heavy (non-hydrogen) atoms. The number of nitrogen functional groups attached to an aromatic ring is 1. The van der Waals surface area contributed by atoms with E-state index in [1.165, 1.54) is 4.88 Å². The molecular weight excluding hydrogens is 234 g/mol. The summed E-state index contributed by atoms with van der Waals surface area (Å²) in [5.41, 5.74) is 5.80. The number of amidine groups is 1. The molecule has 0 aliphatic rings. The molecule has 0 unspecified atom stereocenters. The van der Waals surface area contributed by atoms with E-state index in [0.717, 1.165) is 6.42 Å². The van der Waals surface area contributed by atoms with Crippen LogP contribution in [0, 0.1) is 5.41 Å². The van der Waals surface area contributed by atoms with E-state index in [1.807, 2.05) is 11.4 Å². The normalized spacial score (nSPS) is 10.1. The maximum atomic E-state index is 7.28. The van der Waals surface area contributed by atoms with E-state index in [2.05, 4.69) is 11.1 Å². The summed E-state index contributed by atoms with van der Waals surface area (Å²) < 4.78 is 5.51. The highest BCUT2D eigenvalue weighted by Gasteiger charge is 2.01. The number of nitrogens with zero attached hydrogens (tertiary/aromatic N) is 1. The van der Waals surface area contributed by atoms with Crippen LogP contribution in [-0.2, 0) is 6.42 Å². The Bertz CT molecular complexity index is 496. The number of hydrogen-bond donors (Lipinski definition) is 2. The Balaban J connectivity index is 1.90. The average Bonchev–Trinajstić information content (AvgIpc) is 2.82. The number of ether oxygens (including phenoxy) is 1. The van der Waals surface area contributed by atoms with Crippen LogP contribution in [0.4, 0.5) is 0 Å². The molecule has 0 saturated heterocycles. The molecule has 0 atom stereocenters. The first-order valence-corrected chi connectivity index (χ1v) is 6.10. The number of thiophene rings is 1. The molecule has 0 spiro atoms. The molecule has 2 aromatic heterocycles. The maximum absolute atomic E-state index is 7.28. The SMILES string of the molecule is N=C(N)c1cccc(OCCc2cccs2)n1. The van der Waals surface area contributed by atoms with E-state index in [4.69, 9.17) is 15.9 Å². The molecule has 0 aromatic carbocycles. The largest absolute Gasteiger partial charge is 0.477 e. The number of aromatic nitrogens is 1. The number of hydrogen-bond acceptors (Lipinski definition) is 4. The third-order valence-electron chi connectivity index (χ3n) is 2.18. The van der Waals surface area contributed by atoms with Gasteiger partial charge in [0.1, 0.15) is 11.5 Å². The van der Waals surface area contributed by atoms with Gasteiger partial charge in [-0.15, -0.1) is 11.3 Å². The predicted octanol–water partition coefficient (Wildman–Crippen LogP) is 2.05. The van der Waals surface area contributed by atoms with E-state index in [1.54, 1.807) is 29.5 Å². The zero-order valence-electron chi connectivity index (χ0n) is 9.22. The van der Waals surface area contributed by atoms with Gasteiger partial charge in [-0.25, -0.2) is 4.98 Å². The highest BCUT2D eigenvalue weighted by atomic mass is 32.1. The molecule has 2 aromatic rings. The van der Waals surface area contributed by atoms with Gasteiger partial charge in [-0.1, -0.05) is 12.1 Å². The topological polar surface area (TPSA) is 72.0 Å². The molecule has 2 heterocycles. The van der Waals surface area contributed by atoms with Crippen molar-refractivity contribution in [3.05, 3.63) is 46.3 Å². The Morgan fingerprint density at radius 3 is 2.94 bits per heavy atom. The molecule has 0 amide bonds. The Hall–Kier alpha value is -1.88. The first kappa shape index (κ1) is 11.6. The van der Waals surface area contributed by atoms with Gasteiger partial charge in [-0.05, 0) is 17.5 Å². The summed E-state index contributed by atoms with van der Waals surface area (Å²) >= 11 is 1.71. The minimum Gasteiger partial charge on any atom is -0.477 e. The van der Waals surface area contributed by atoms with Crippen LogP contribution in [0.15, 0.2) is 35.7 Å². The third-order valence-corrected chi connectivity index (χ3v) is 3.11. The minimum absolute atomic E-state index is 0.0475. The summed E-state index contributed by atoms with van der Waals surface area (Å²) in [4.78, 5) is 5.41. The molecule has 4 nitrogen and oxygen atoms in total. The maximum Gasteiger partial charge on any atom is 0.213 e. The van der Waals surface area contributed by atoms with Gasteiger partial charge in [-0.2, -0.15) is 0 Å². The van der Waals surface area contributed by atoms with Gasteiger partial charge in [0, 0.05) is 17.4 Å². The number of nitrogens with one attached hydrogen (secondary N) is 1. The lowest BCUT2D eigenvalue weighted by Gasteiger charge is -2.05. The molecule has 3 N–H and O–H groups in total. The molecule has 88 valence electrons. The standard InChI is InChI=1S/C12H13N3OS/c13-12(14)10-4-1-5-11(15-10)16-7-6-9-3-2-8-17-9/h1-5,8H,6-7H2,(H3,13,14). The molecule has 0 aliphatic heterocycles. The van der Waals surface area contributed by atoms with Crippen LogP contribution in [0.5, 0.6) is 5.88 Å². The molecule has 5 heteroatoms. The molecule has 0 saturated carbocycles. The van der Waals surface area contributed by atoms with Crippen LogP contribution < -0.4 is 10.5 Å². The summed E-state index contributed by atoms with van der Waals surface area (Å²) in [6.45, 7) is 0.578. The quantitative estimate of drug-likeness (QED) is 0.627. The smallest absolute Gasteiger partial charge is 0.213 e. The van der Waals surface area contributed by atoms with Crippen LogP contribution in [0.3, 0.4) is 0 Å². The number of nitrogens with two attached hydrogens (primary N) is 1. The van der Waals surface area contributed by atoms with E-state index >= 15 is 0 Å². The predicted molar refractivity (Wildman–Crippen MR) is 68.8 cm³/mol. The first-order chi connectivity index (χ1) is 8.25. The summed E-state index contributed by atoms with van der Waals surface area (Å²) in [6.07, 6.45) is 0.865. The minimum atomic E-state index is -0.0475. The molecule has 2 rings (SSSR count). The molecule has 0 aliphatic carbocycles. The second-order valence-corrected chi connectivity index (χ2v) is 4.48. The van der Waals surface area contributed by atoms with Gasteiger partial charge in [0.15, 0.2) is 0 Å². The number of pyridine rings is 1. The van der Waals surface area contributed by atoms with Crippen molar-refractivity contribution in [2.45, 2.75) is 6.42 Å². The lowest BCUT2D eigenvalue weighted by atomic mass is 10.3. The van der Waals surface area contributed by atoms with E-state index < -0.39 is 0 Å². The van der Waals surface area contributed by atoms with Crippen LogP contribution in [0.2, 0.25) is 0 Å². The van der Waals surface area contributed by atoms with Crippen molar-refractivity contribution in [2.75, 3.05) is 6.61 Å². The molecule has 0 bridgehead atoms. The summed E-state index contributed by atoms with van der Waals surface area (Å²) in [5, 5.41) is 9.33. The van der Waals surface area contributed by atoms with Crippen molar-refractivity contribution in [2.24, 2.45) is 5.73 Å². The van der Waals surface area contributed by atoms with Crippen molar-refractivity contribution in [3.63, 3.8) is 0 Å². The monoisotopic (exact) mass is 247 g/mol. The average molecular weight is 247 g/mol. The van der Waals surface area contributed by atoms with Crippen LogP contribution in [0.25, 0.3) is 0 Å². The van der Waals surface area contributed by atoms with Crippen molar-refractivity contribution in [1.29, 1.82) is 5.41 Å². The van der Waals surface area contributed by atoms with Gasteiger partial charge >= 0.3 is 0 Å². The molecule has 0 radical (unpaired) electrons. The van der Waals surface area contributed by atoms with Crippen LogP contribution in [-0.4, -0.2) is 17.4 Å². The third kappa shape index (κ3) is 3.29. The summed E-state index contributed by atoms with van der Waals surface area (Å²) in [5.74, 6) is 0.461. The van der Waals surface area contributed by atoms with E-state index in [9.17, 15) is 0 Å². The van der Waals surface area contributed by atoms with Crippen LogP contribution >= 0.6 is 11.3 Å². The Labute approximate surface area is 104 Å². The van der Waals surface area contributed by atoms with Crippen molar-refractivity contribution in [3.8, 4) is 5.88 Å². The Kier molecular flexibility index (Phi) is 3.72. The van der Waals surface area contributed by atoms with Gasteiger partial charge in [0.05, 0.1) is 6.61 Å². The van der Waals surface area contributed by atoms with E-state index in [0.29, 0.717) is 18.2 Å². The van der Waals surface area contributed by atoms with Crippen LogP contribution in [0.1, 0.15) is 10.6 Å². The fourth-order valence-electron chi connectivity index (χ4n) is 1.36. The highest BCUT2D eigenvalue weighted by molar-refractivity contribution is 7.09. The van der Waals surface area contributed by atoms with Crippen molar-refractivity contribution in [1.82, 2.24) is 4.98 Å². The lowest BCUT2D eigenvalue weighted by Crippen LogP contribution is -2.13. The second-order valence-electron chi connectivity index (χ2n) is 3.45. The Morgan fingerprint density at radius 2 is 2.24 bits per heavy atom. The number of rotatable bonds is 5. The zero-order valence-corrected chi connectivity index (χ0v) is 10.0. The van der Waals surface area contributed by atoms with Gasteiger partial charge in [0.2, 0.25) is 5.88 Å². The van der Waals surface area contributed by atoms with Crippen molar-refractivity contribution < 1.29 is 4.74 Å². The first-order valence-electron chi connectivity index (χ1n) is 5.22. The van der Waals surface area contributed by atoms with E-state index in [-0.39, 0.29) is 5.84 Å². The van der Waals surface area contributed by atoms with Gasteiger partial charge < -0.3 is 10.5 Å². The molecular formula is C12H13N3OS. The lowest BCUT2D eigenvalue weighted by molar-refractivity contribution is 0.310. The summed E-state index contributed by atoms with van der Waals surface area (Å²) in [6, 6.07) is 9.33. The van der Waals surface area contributed by atoms with Gasteiger partial charge in [-0.3, -0.25) is 5.41 Å². The fourth-order valence-corrected chi connectivity index (χ4v) is 2.05.